The molecule has 0 N–H and O–H groups in total. The second kappa shape index (κ2) is 6.33. The molecule has 142 valence electrons. The highest BCUT2D eigenvalue weighted by Crippen LogP contribution is 2.40. The number of nitrogens with zero attached hydrogens (tertiary/aromatic N) is 2. The van der Waals surface area contributed by atoms with E-state index >= 15 is 0 Å². The summed E-state index contributed by atoms with van der Waals surface area (Å²) in [6, 6.07) is 24.6. The minimum Gasteiger partial charge on any atom is -0.378 e. The molecule has 3 heterocycles. The number of hydrogen-bond donors (Lipinski definition) is 0. The van der Waals surface area contributed by atoms with Crippen LogP contribution in [0.2, 0.25) is 0 Å². The van der Waals surface area contributed by atoms with Crippen molar-refractivity contribution in [2.45, 2.75) is 0 Å². The van der Waals surface area contributed by atoms with Gasteiger partial charge in [-0.1, -0.05) is 66.7 Å². The molecule has 1 aliphatic heterocycles. The Labute approximate surface area is 167 Å². The molecule has 3 aromatic carbocycles. The molecule has 4 nitrogen and oxygen atoms in total. The normalized spacial score (nSPS) is 15.0. The minimum atomic E-state index is 0.0441. The van der Waals surface area contributed by atoms with Gasteiger partial charge in [0.05, 0.1) is 35.5 Å². The van der Waals surface area contributed by atoms with Gasteiger partial charge < -0.3 is 9.64 Å². The number of fused-ring (bicyclic) bond motifs is 3. The summed E-state index contributed by atoms with van der Waals surface area (Å²) in [4.78, 5) is 16.3. The van der Waals surface area contributed by atoms with E-state index in [0.29, 0.717) is 13.2 Å². The van der Waals surface area contributed by atoms with Crippen molar-refractivity contribution < 1.29 is 4.74 Å². The first-order chi connectivity index (χ1) is 14.3. The maximum Gasteiger partial charge on any atom is 0.265 e. The first-order valence-electron chi connectivity index (χ1n) is 10.0. The van der Waals surface area contributed by atoms with E-state index in [9.17, 15) is 4.79 Å². The molecule has 0 amide bonds. The van der Waals surface area contributed by atoms with Gasteiger partial charge in [-0.2, -0.15) is 0 Å². The second-order valence-corrected chi connectivity index (χ2v) is 7.55. The number of rotatable bonds is 2. The molecule has 1 aliphatic rings. The Balaban J connectivity index is 1.85. The standard InChI is InChI=1S/C25H20N2O2/c28-25-22(17-7-2-1-3-8-17)24(26-13-15-29-16-14-26)20-11-6-10-19-18-9-4-5-12-21(18)27(25)23(19)20/h1-12H,13-16H2. The maximum atomic E-state index is 14.0. The van der Waals surface area contributed by atoms with E-state index < -0.39 is 0 Å². The average Bonchev–Trinajstić information content (AvgIpc) is 3.13. The zero-order chi connectivity index (χ0) is 19.4. The zero-order valence-corrected chi connectivity index (χ0v) is 16.0. The van der Waals surface area contributed by atoms with E-state index in [4.69, 9.17) is 4.74 Å². The van der Waals surface area contributed by atoms with Gasteiger partial charge in [0.2, 0.25) is 0 Å². The van der Waals surface area contributed by atoms with Crippen LogP contribution in [0, 0.1) is 0 Å². The predicted molar refractivity (Wildman–Crippen MR) is 118 cm³/mol. The van der Waals surface area contributed by atoms with Crippen LogP contribution < -0.4 is 10.5 Å². The lowest BCUT2D eigenvalue weighted by molar-refractivity contribution is 0.123. The van der Waals surface area contributed by atoms with Gasteiger partial charge in [-0.15, -0.1) is 0 Å². The molecule has 5 aromatic rings. The summed E-state index contributed by atoms with van der Waals surface area (Å²) in [5.74, 6) is 0. The van der Waals surface area contributed by atoms with Crippen LogP contribution in [0.15, 0.2) is 77.6 Å². The van der Waals surface area contributed by atoms with Gasteiger partial charge in [-0.3, -0.25) is 9.20 Å². The molecule has 6 rings (SSSR count). The monoisotopic (exact) mass is 380 g/mol. The van der Waals surface area contributed by atoms with Crippen LogP contribution in [0.5, 0.6) is 0 Å². The summed E-state index contributed by atoms with van der Waals surface area (Å²) in [6.07, 6.45) is 0. The third-order valence-electron chi connectivity index (χ3n) is 5.99. The summed E-state index contributed by atoms with van der Waals surface area (Å²) in [5, 5.41) is 3.37. The number of anilines is 1. The Morgan fingerprint density at radius 3 is 2.24 bits per heavy atom. The van der Waals surface area contributed by atoms with Gasteiger partial charge in [0, 0.05) is 29.2 Å². The lowest BCUT2D eigenvalue weighted by Crippen LogP contribution is -2.37. The molecule has 0 spiro atoms. The molecule has 0 unspecified atom stereocenters. The number of ether oxygens (including phenoxy) is 1. The van der Waals surface area contributed by atoms with Crippen LogP contribution in [-0.4, -0.2) is 30.7 Å². The Kier molecular flexibility index (Phi) is 3.61. The predicted octanol–water partition coefficient (Wildman–Crippen LogP) is 4.55. The van der Waals surface area contributed by atoms with Crippen molar-refractivity contribution in [1.82, 2.24) is 4.40 Å². The zero-order valence-electron chi connectivity index (χ0n) is 16.0. The molecule has 0 radical (unpaired) electrons. The molecule has 4 heteroatoms. The van der Waals surface area contributed by atoms with Gasteiger partial charge in [-0.25, -0.2) is 0 Å². The third-order valence-corrected chi connectivity index (χ3v) is 5.99. The molecular weight excluding hydrogens is 360 g/mol. The van der Waals surface area contributed by atoms with E-state index in [1.165, 1.54) is 0 Å². The Morgan fingerprint density at radius 1 is 0.724 bits per heavy atom. The van der Waals surface area contributed by atoms with Crippen molar-refractivity contribution in [1.29, 1.82) is 0 Å². The number of hydrogen-bond acceptors (Lipinski definition) is 3. The highest BCUT2D eigenvalue weighted by molar-refractivity contribution is 6.18. The van der Waals surface area contributed by atoms with Crippen molar-refractivity contribution in [3.63, 3.8) is 0 Å². The second-order valence-electron chi connectivity index (χ2n) is 7.55. The van der Waals surface area contributed by atoms with Crippen molar-refractivity contribution in [3.05, 3.63) is 83.2 Å². The Bertz CT molecular complexity index is 1400. The number of pyridine rings is 1. The average molecular weight is 380 g/mol. The number of para-hydroxylation sites is 2. The van der Waals surface area contributed by atoms with E-state index in [1.54, 1.807) is 0 Å². The highest BCUT2D eigenvalue weighted by atomic mass is 16.5. The Morgan fingerprint density at radius 2 is 1.41 bits per heavy atom. The van der Waals surface area contributed by atoms with Crippen LogP contribution in [0.1, 0.15) is 0 Å². The van der Waals surface area contributed by atoms with Gasteiger partial charge >= 0.3 is 0 Å². The molecule has 29 heavy (non-hydrogen) atoms. The van der Waals surface area contributed by atoms with Gasteiger partial charge in [0.25, 0.3) is 5.56 Å². The lowest BCUT2D eigenvalue weighted by atomic mass is 9.99. The van der Waals surface area contributed by atoms with E-state index in [1.807, 2.05) is 52.9 Å². The molecular formula is C25H20N2O2. The fourth-order valence-corrected chi connectivity index (χ4v) is 4.75. The van der Waals surface area contributed by atoms with E-state index in [2.05, 4.69) is 29.2 Å². The molecule has 1 fully saturated rings. The molecule has 2 aromatic heterocycles. The van der Waals surface area contributed by atoms with Crippen molar-refractivity contribution in [2.24, 2.45) is 0 Å². The molecule has 0 bridgehead atoms. The summed E-state index contributed by atoms with van der Waals surface area (Å²) < 4.78 is 7.50. The largest absolute Gasteiger partial charge is 0.378 e. The van der Waals surface area contributed by atoms with Crippen molar-refractivity contribution in [2.75, 3.05) is 31.2 Å². The molecule has 0 saturated carbocycles. The molecule has 0 aliphatic carbocycles. The lowest BCUT2D eigenvalue weighted by Gasteiger charge is -2.31. The summed E-state index contributed by atoms with van der Waals surface area (Å²) >= 11 is 0. The summed E-state index contributed by atoms with van der Waals surface area (Å²) in [7, 11) is 0. The fourth-order valence-electron chi connectivity index (χ4n) is 4.75. The smallest absolute Gasteiger partial charge is 0.265 e. The molecule has 1 saturated heterocycles. The van der Waals surface area contributed by atoms with Crippen molar-refractivity contribution >= 4 is 32.9 Å². The third kappa shape index (κ3) is 2.33. The minimum absolute atomic E-state index is 0.0441. The number of benzene rings is 3. The van der Waals surface area contributed by atoms with E-state index in [-0.39, 0.29) is 5.56 Å². The fraction of sp³-hybridized carbons (Fsp3) is 0.160. The number of aromatic nitrogens is 1. The summed E-state index contributed by atoms with van der Waals surface area (Å²) in [5.41, 5.74) is 4.79. The first kappa shape index (κ1) is 16.6. The van der Waals surface area contributed by atoms with Crippen LogP contribution in [-0.2, 0) is 4.74 Å². The van der Waals surface area contributed by atoms with Gasteiger partial charge in [0.15, 0.2) is 0 Å². The van der Waals surface area contributed by atoms with Gasteiger partial charge in [0.1, 0.15) is 0 Å². The first-order valence-corrected chi connectivity index (χ1v) is 10.0. The van der Waals surface area contributed by atoms with Gasteiger partial charge in [-0.05, 0) is 11.6 Å². The van der Waals surface area contributed by atoms with Crippen LogP contribution in [0.25, 0.3) is 38.3 Å². The highest BCUT2D eigenvalue weighted by Gasteiger charge is 2.25. The topological polar surface area (TPSA) is 34.0 Å². The quantitative estimate of drug-likeness (QED) is 0.451. The van der Waals surface area contributed by atoms with Crippen LogP contribution >= 0.6 is 0 Å². The Hall–Kier alpha value is -3.37. The van der Waals surface area contributed by atoms with Crippen LogP contribution in [0.4, 0.5) is 5.69 Å². The molecule has 0 atom stereocenters. The number of morpholine rings is 1. The summed E-state index contributed by atoms with van der Waals surface area (Å²) in [6.45, 7) is 2.93. The van der Waals surface area contributed by atoms with Crippen molar-refractivity contribution in [3.8, 4) is 11.1 Å². The maximum absolute atomic E-state index is 14.0. The van der Waals surface area contributed by atoms with E-state index in [0.717, 1.165) is 57.1 Å². The van der Waals surface area contributed by atoms with Crippen LogP contribution in [0.3, 0.4) is 0 Å². The SMILES string of the molecule is O=c1c(-c2ccccc2)c(N2CCOCC2)c2cccc3c4ccccc4n1c23.